The first-order chi connectivity index (χ1) is 16.7. The van der Waals surface area contributed by atoms with Gasteiger partial charge in [-0.3, -0.25) is 14.7 Å². The summed E-state index contributed by atoms with van der Waals surface area (Å²) in [7, 11) is -3.72. The van der Waals surface area contributed by atoms with Crippen molar-refractivity contribution in [2.75, 3.05) is 31.5 Å². The Balaban J connectivity index is 1.48. The molecule has 4 rings (SSSR count). The fraction of sp³-hybridized carbons (Fsp3) is 0.333. The van der Waals surface area contributed by atoms with E-state index in [0.29, 0.717) is 35.7 Å². The summed E-state index contributed by atoms with van der Waals surface area (Å²) in [5.41, 5.74) is 1.54. The summed E-state index contributed by atoms with van der Waals surface area (Å²) in [6.07, 6.45) is 0. The highest BCUT2D eigenvalue weighted by atomic mass is 32.2. The molecule has 0 radical (unpaired) electrons. The molecule has 184 valence electrons. The van der Waals surface area contributed by atoms with Crippen LogP contribution in [-0.4, -0.2) is 70.8 Å². The second-order valence-electron chi connectivity index (χ2n) is 8.63. The number of anilines is 1. The van der Waals surface area contributed by atoms with Crippen LogP contribution < -0.4 is 5.32 Å². The predicted octanol–water partition coefficient (Wildman–Crippen LogP) is 2.70. The van der Waals surface area contributed by atoms with Gasteiger partial charge in [0.2, 0.25) is 15.9 Å². The van der Waals surface area contributed by atoms with E-state index in [0.717, 1.165) is 5.82 Å². The molecular formula is C24H28N6O4S. The minimum atomic E-state index is -3.72. The number of aromatic nitrogens is 3. The minimum Gasteiger partial charge on any atom is -0.340 e. The Bertz CT molecular complexity index is 1330. The van der Waals surface area contributed by atoms with Crippen molar-refractivity contribution in [2.45, 2.75) is 31.6 Å². The van der Waals surface area contributed by atoms with Crippen LogP contribution in [0.2, 0.25) is 0 Å². The second kappa shape index (κ2) is 9.96. The van der Waals surface area contributed by atoms with Crippen molar-refractivity contribution in [2.24, 2.45) is 0 Å². The van der Waals surface area contributed by atoms with Gasteiger partial charge in [-0.15, -0.1) is 0 Å². The van der Waals surface area contributed by atoms with Gasteiger partial charge in [0.25, 0.3) is 5.91 Å². The highest BCUT2D eigenvalue weighted by Gasteiger charge is 2.29. The van der Waals surface area contributed by atoms with Crippen LogP contribution in [0.15, 0.2) is 53.4 Å². The first kappa shape index (κ1) is 24.6. The van der Waals surface area contributed by atoms with Gasteiger partial charge in [-0.05, 0) is 36.4 Å². The SMILES string of the molecule is CC(=O)N1CCN(S(=O)(=O)c2ccc(C(=O)Nc3ccccc3-c3n[nH]c(C(C)C)n3)cc2)CC1. The number of rotatable bonds is 6. The molecule has 0 unspecified atom stereocenters. The molecule has 1 fully saturated rings. The van der Waals surface area contributed by atoms with E-state index >= 15 is 0 Å². The number of para-hydroxylation sites is 1. The zero-order chi connectivity index (χ0) is 25.2. The van der Waals surface area contributed by atoms with Crippen LogP contribution in [0.5, 0.6) is 0 Å². The monoisotopic (exact) mass is 496 g/mol. The lowest BCUT2D eigenvalue weighted by Crippen LogP contribution is -2.49. The van der Waals surface area contributed by atoms with E-state index in [1.807, 2.05) is 26.0 Å². The molecule has 0 bridgehead atoms. The lowest BCUT2D eigenvalue weighted by molar-refractivity contribution is -0.129. The van der Waals surface area contributed by atoms with E-state index in [1.54, 1.807) is 17.0 Å². The highest BCUT2D eigenvalue weighted by molar-refractivity contribution is 7.89. The van der Waals surface area contributed by atoms with Crippen LogP contribution >= 0.6 is 0 Å². The van der Waals surface area contributed by atoms with Gasteiger partial charge in [-0.1, -0.05) is 26.0 Å². The summed E-state index contributed by atoms with van der Waals surface area (Å²) >= 11 is 0. The Hall–Kier alpha value is -3.57. The first-order valence-corrected chi connectivity index (χ1v) is 12.8. The minimum absolute atomic E-state index is 0.0672. The van der Waals surface area contributed by atoms with Crippen molar-refractivity contribution in [3.05, 3.63) is 59.9 Å². The average molecular weight is 497 g/mol. The fourth-order valence-corrected chi connectivity index (χ4v) is 5.23. The lowest BCUT2D eigenvalue weighted by Gasteiger charge is -2.33. The number of amides is 2. The van der Waals surface area contributed by atoms with Crippen LogP contribution in [0.4, 0.5) is 5.69 Å². The van der Waals surface area contributed by atoms with Gasteiger partial charge in [-0.2, -0.15) is 9.40 Å². The molecule has 0 aliphatic carbocycles. The maximum Gasteiger partial charge on any atom is 0.255 e. The zero-order valence-electron chi connectivity index (χ0n) is 19.9. The summed E-state index contributed by atoms with van der Waals surface area (Å²) in [6, 6.07) is 13.1. The Morgan fingerprint density at radius 1 is 1.00 bits per heavy atom. The number of piperazine rings is 1. The maximum absolute atomic E-state index is 13.0. The van der Waals surface area contributed by atoms with Crippen LogP contribution in [0.3, 0.4) is 0 Å². The summed E-state index contributed by atoms with van der Waals surface area (Å²) < 4.78 is 27.3. The molecule has 0 spiro atoms. The molecular weight excluding hydrogens is 468 g/mol. The number of H-pyrrole nitrogens is 1. The molecule has 2 N–H and O–H groups in total. The van der Waals surface area contributed by atoms with Crippen molar-refractivity contribution < 1.29 is 18.0 Å². The number of benzene rings is 2. The Morgan fingerprint density at radius 2 is 1.66 bits per heavy atom. The molecule has 35 heavy (non-hydrogen) atoms. The van der Waals surface area contributed by atoms with Gasteiger partial charge >= 0.3 is 0 Å². The standard InChI is InChI=1S/C24H28N6O4S/c1-16(2)22-26-23(28-27-22)20-6-4-5-7-21(20)25-24(32)18-8-10-19(11-9-18)35(33,34)30-14-12-29(13-15-30)17(3)31/h4-11,16H,12-15H2,1-3H3,(H,25,32)(H,26,27,28). The van der Waals surface area contributed by atoms with E-state index in [-0.39, 0.29) is 35.7 Å². The molecule has 1 aliphatic rings. The number of aromatic amines is 1. The molecule has 2 aromatic carbocycles. The summed E-state index contributed by atoms with van der Waals surface area (Å²) in [5, 5.41) is 10.1. The third-order valence-electron chi connectivity index (χ3n) is 5.90. The molecule has 3 aromatic rings. The molecule has 1 saturated heterocycles. The van der Waals surface area contributed by atoms with Crippen LogP contribution in [0, 0.1) is 0 Å². The van der Waals surface area contributed by atoms with Gasteiger partial charge < -0.3 is 10.2 Å². The maximum atomic E-state index is 13.0. The largest absolute Gasteiger partial charge is 0.340 e. The molecule has 11 heteroatoms. The number of hydrogen-bond donors (Lipinski definition) is 2. The molecule has 0 saturated carbocycles. The number of carbonyl (C=O) groups excluding carboxylic acids is 2. The molecule has 0 atom stereocenters. The van der Waals surface area contributed by atoms with Gasteiger partial charge in [0, 0.05) is 50.1 Å². The topological polar surface area (TPSA) is 128 Å². The van der Waals surface area contributed by atoms with Gasteiger partial charge in [-0.25, -0.2) is 13.4 Å². The van der Waals surface area contributed by atoms with Crippen molar-refractivity contribution in [3.63, 3.8) is 0 Å². The van der Waals surface area contributed by atoms with Crippen molar-refractivity contribution in [3.8, 4) is 11.4 Å². The van der Waals surface area contributed by atoms with Crippen molar-refractivity contribution in [1.82, 2.24) is 24.4 Å². The third-order valence-corrected chi connectivity index (χ3v) is 7.82. The first-order valence-electron chi connectivity index (χ1n) is 11.4. The Morgan fingerprint density at radius 3 is 2.26 bits per heavy atom. The van der Waals surface area contributed by atoms with Gasteiger partial charge in [0.15, 0.2) is 5.82 Å². The zero-order valence-corrected chi connectivity index (χ0v) is 20.7. The summed E-state index contributed by atoms with van der Waals surface area (Å²) in [4.78, 5) is 30.7. The van der Waals surface area contributed by atoms with Gasteiger partial charge in [0.05, 0.1) is 10.6 Å². The van der Waals surface area contributed by atoms with Crippen LogP contribution in [-0.2, 0) is 14.8 Å². The molecule has 1 aromatic heterocycles. The van der Waals surface area contributed by atoms with Crippen molar-refractivity contribution >= 4 is 27.5 Å². The van der Waals surface area contributed by atoms with Crippen LogP contribution in [0.1, 0.15) is 42.9 Å². The van der Waals surface area contributed by atoms with E-state index in [4.69, 9.17) is 0 Å². The third kappa shape index (κ3) is 5.25. The summed E-state index contributed by atoms with van der Waals surface area (Å²) in [5.74, 6) is 0.973. The quantitative estimate of drug-likeness (QED) is 0.540. The average Bonchev–Trinajstić information content (AvgIpc) is 3.35. The molecule has 2 amide bonds. The van der Waals surface area contributed by atoms with Crippen molar-refractivity contribution in [1.29, 1.82) is 0 Å². The Labute approximate surface area is 204 Å². The fourth-order valence-electron chi connectivity index (χ4n) is 3.81. The normalized spacial score (nSPS) is 14.8. The smallest absolute Gasteiger partial charge is 0.255 e. The van der Waals surface area contributed by atoms with E-state index < -0.39 is 10.0 Å². The van der Waals surface area contributed by atoms with E-state index in [1.165, 1.54) is 35.5 Å². The Kier molecular flexibility index (Phi) is 6.99. The van der Waals surface area contributed by atoms with E-state index in [9.17, 15) is 18.0 Å². The predicted molar refractivity (Wildman–Crippen MR) is 131 cm³/mol. The number of hydrogen-bond acceptors (Lipinski definition) is 6. The van der Waals surface area contributed by atoms with E-state index in [2.05, 4.69) is 20.5 Å². The number of nitrogens with one attached hydrogen (secondary N) is 2. The molecule has 10 nitrogen and oxygen atoms in total. The molecule has 2 heterocycles. The second-order valence-corrected chi connectivity index (χ2v) is 10.6. The van der Waals surface area contributed by atoms with Gasteiger partial charge in [0.1, 0.15) is 5.82 Å². The highest BCUT2D eigenvalue weighted by Crippen LogP contribution is 2.27. The number of carbonyl (C=O) groups is 2. The number of nitrogens with zero attached hydrogens (tertiary/aromatic N) is 4. The van der Waals surface area contributed by atoms with Crippen LogP contribution in [0.25, 0.3) is 11.4 Å². The number of sulfonamides is 1. The lowest BCUT2D eigenvalue weighted by atomic mass is 10.1. The summed E-state index contributed by atoms with van der Waals surface area (Å²) in [6.45, 7) is 6.68. The molecule has 1 aliphatic heterocycles.